The first-order chi connectivity index (χ1) is 19.9. The van der Waals surface area contributed by atoms with E-state index in [9.17, 15) is 18.7 Å². The molecule has 11 heteroatoms. The summed E-state index contributed by atoms with van der Waals surface area (Å²) < 4.78 is 53.6. The van der Waals surface area contributed by atoms with Crippen LogP contribution in [-0.2, 0) is 13.0 Å². The van der Waals surface area contributed by atoms with Crippen LogP contribution < -0.4 is 20.5 Å². The molecule has 5 rings (SSSR count). The lowest BCUT2D eigenvalue weighted by Crippen LogP contribution is -2.45. The molecule has 0 fully saturated rings. The highest BCUT2D eigenvalue weighted by Crippen LogP contribution is 2.49. The predicted molar refractivity (Wildman–Crippen MR) is 162 cm³/mol. The zero-order valence-corrected chi connectivity index (χ0v) is 25.5. The van der Waals surface area contributed by atoms with Gasteiger partial charge in [-0.25, -0.2) is 14.4 Å². The number of pyridine rings is 1. The van der Waals surface area contributed by atoms with Crippen LogP contribution in [0.25, 0.3) is 22.0 Å². The van der Waals surface area contributed by atoms with Gasteiger partial charge in [0, 0.05) is 48.4 Å². The fourth-order valence-electron chi connectivity index (χ4n) is 5.58. The molecule has 3 heterocycles. The summed E-state index contributed by atoms with van der Waals surface area (Å²) in [5.41, 5.74) is -1.26. The minimum atomic E-state index is -3.83. The summed E-state index contributed by atoms with van der Waals surface area (Å²) in [4.78, 5) is 23.6. The number of alkyl halides is 2. The van der Waals surface area contributed by atoms with E-state index in [-0.39, 0.29) is 11.1 Å². The monoisotopic (exact) mass is 595 g/mol. The molecule has 0 aliphatic carbocycles. The average Bonchev–Trinajstić information content (AvgIpc) is 2.88. The van der Waals surface area contributed by atoms with Crippen molar-refractivity contribution < 1.29 is 23.0 Å². The van der Waals surface area contributed by atoms with Crippen molar-refractivity contribution in [2.75, 3.05) is 23.8 Å². The first-order valence-corrected chi connectivity index (χ1v) is 14.0. The third-order valence-corrected chi connectivity index (χ3v) is 7.76. The number of hydrogen-bond acceptors (Lipinski definition) is 7. The maximum Gasteiger partial charge on any atom is 0.303 e. The Balaban J connectivity index is 1.70. The Hall–Kier alpha value is -4.12. The van der Waals surface area contributed by atoms with E-state index >= 15 is 4.39 Å². The van der Waals surface area contributed by atoms with Gasteiger partial charge in [-0.2, -0.15) is 8.78 Å². The normalized spacial score (nSPS) is 15.7. The molecule has 0 bridgehead atoms. The van der Waals surface area contributed by atoms with Crippen LogP contribution in [-0.4, -0.2) is 44.4 Å². The second-order valence-corrected chi connectivity index (χ2v) is 12.4. The quantitative estimate of drug-likeness (QED) is 0.279. The lowest BCUT2D eigenvalue weighted by Gasteiger charge is -2.40. The number of aryl methyl sites for hydroxylation is 2. The van der Waals surface area contributed by atoms with Gasteiger partial charge < -0.3 is 24.6 Å². The van der Waals surface area contributed by atoms with Gasteiger partial charge in [0.1, 0.15) is 39.9 Å². The number of anilines is 2. The summed E-state index contributed by atoms with van der Waals surface area (Å²) in [7, 11) is 3.62. The van der Waals surface area contributed by atoms with E-state index in [0.717, 1.165) is 31.2 Å². The van der Waals surface area contributed by atoms with Crippen molar-refractivity contribution in [3.63, 3.8) is 0 Å². The third-order valence-electron chi connectivity index (χ3n) is 7.76. The number of aromatic nitrogens is 3. The summed E-state index contributed by atoms with van der Waals surface area (Å²) in [6.07, 6.45) is 1.73. The Morgan fingerprint density at radius 1 is 1.14 bits per heavy atom. The number of fused-ring (bicyclic) bond motifs is 3. The van der Waals surface area contributed by atoms with Gasteiger partial charge in [-0.3, -0.25) is 4.79 Å². The number of nitrogens with zero attached hydrogens (tertiary/aromatic N) is 4. The molecule has 2 aromatic carbocycles. The van der Waals surface area contributed by atoms with E-state index in [1.54, 1.807) is 33.2 Å². The van der Waals surface area contributed by atoms with E-state index in [0.29, 0.717) is 40.4 Å². The molecule has 1 atom stereocenters. The van der Waals surface area contributed by atoms with Gasteiger partial charge in [-0.15, -0.1) is 0 Å². The third kappa shape index (κ3) is 5.30. The van der Waals surface area contributed by atoms with Crippen molar-refractivity contribution in [1.29, 1.82) is 0 Å². The predicted octanol–water partition coefficient (Wildman–Crippen LogP) is 6.09. The van der Waals surface area contributed by atoms with Gasteiger partial charge in [-0.05, 0) is 59.7 Å². The van der Waals surface area contributed by atoms with Crippen molar-refractivity contribution in [2.24, 2.45) is 7.05 Å². The maximum atomic E-state index is 15.6. The number of nitrogens with one attached hydrogen (secondary N) is 1. The standard InChI is InChI=1S/C32H36F3N5O3/c1-17(20-10-9-11-23(25(20)33)32(34,35)31(5,6)42)36-29-22-14-21(19-12-13-24(41)39(7)15-19)28-27(26(22)37-18(2)38-29)40(8)16-30(3,4)43-28/h9-15,17,42H,16H2,1-8H3,(H,36,37,38)/t17-/m1/s1. The summed E-state index contributed by atoms with van der Waals surface area (Å²) in [6.45, 7) is 9.83. The van der Waals surface area contributed by atoms with Crippen LogP contribution in [0, 0.1) is 12.7 Å². The van der Waals surface area contributed by atoms with Crippen molar-refractivity contribution in [1.82, 2.24) is 14.5 Å². The Bertz CT molecular complexity index is 1800. The number of hydrogen-bond donors (Lipinski definition) is 2. The molecule has 4 aromatic rings. The van der Waals surface area contributed by atoms with Crippen LogP contribution in [0.15, 0.2) is 47.4 Å². The largest absolute Gasteiger partial charge is 0.483 e. The molecule has 1 aliphatic heterocycles. The highest BCUT2D eigenvalue weighted by molar-refractivity contribution is 6.05. The zero-order chi connectivity index (χ0) is 31.6. The summed E-state index contributed by atoms with van der Waals surface area (Å²) in [5.74, 6) is -3.51. The molecule has 0 spiro atoms. The van der Waals surface area contributed by atoms with E-state index in [4.69, 9.17) is 9.72 Å². The van der Waals surface area contributed by atoms with Crippen molar-refractivity contribution in [3.8, 4) is 16.9 Å². The van der Waals surface area contributed by atoms with Gasteiger partial charge >= 0.3 is 5.92 Å². The number of likely N-dealkylation sites (N-methyl/N-ethyl adjacent to an activating group) is 1. The molecule has 0 saturated heterocycles. The molecule has 8 nitrogen and oxygen atoms in total. The van der Waals surface area contributed by atoms with Crippen LogP contribution in [0.5, 0.6) is 5.75 Å². The van der Waals surface area contributed by atoms with Crippen LogP contribution in [0.3, 0.4) is 0 Å². The Morgan fingerprint density at radius 3 is 2.49 bits per heavy atom. The topological polar surface area (TPSA) is 92.5 Å². The molecular formula is C32H36F3N5O3. The lowest BCUT2D eigenvalue weighted by molar-refractivity contribution is -0.170. The Morgan fingerprint density at radius 2 is 1.84 bits per heavy atom. The molecule has 0 radical (unpaired) electrons. The maximum absolute atomic E-state index is 15.6. The highest BCUT2D eigenvalue weighted by Gasteiger charge is 2.49. The van der Waals surface area contributed by atoms with Crippen molar-refractivity contribution in [2.45, 2.75) is 64.7 Å². The van der Waals surface area contributed by atoms with Gasteiger partial charge in [0.2, 0.25) is 5.56 Å². The first kappa shape index (κ1) is 30.3. The minimum Gasteiger partial charge on any atom is -0.483 e. The van der Waals surface area contributed by atoms with E-state index < -0.39 is 34.5 Å². The minimum absolute atomic E-state index is 0.00992. The number of aliphatic hydroxyl groups is 1. The number of ether oxygens (including phenoxy) is 1. The number of benzene rings is 2. The van der Waals surface area contributed by atoms with Crippen LogP contribution >= 0.6 is 0 Å². The summed E-state index contributed by atoms with van der Waals surface area (Å²) >= 11 is 0. The molecule has 0 saturated carbocycles. The SMILES string of the molecule is Cc1nc(N[C@H](C)c2cccc(C(F)(F)C(C)(C)O)c2F)c2cc(-c3ccc(=O)n(C)c3)c3c(c2n1)N(C)CC(C)(C)O3. The highest BCUT2D eigenvalue weighted by atomic mass is 19.3. The second-order valence-electron chi connectivity index (χ2n) is 12.4. The molecule has 43 heavy (non-hydrogen) atoms. The van der Waals surface area contributed by atoms with Crippen molar-refractivity contribution >= 4 is 22.4 Å². The van der Waals surface area contributed by atoms with E-state index in [1.165, 1.54) is 22.8 Å². The van der Waals surface area contributed by atoms with Crippen LogP contribution in [0.1, 0.15) is 57.6 Å². The summed E-state index contributed by atoms with van der Waals surface area (Å²) in [5, 5.41) is 13.9. The smallest absolute Gasteiger partial charge is 0.303 e. The average molecular weight is 596 g/mol. The Labute approximate surface area is 248 Å². The summed E-state index contributed by atoms with van der Waals surface area (Å²) in [6, 6.07) is 8.04. The molecule has 2 aromatic heterocycles. The second kappa shape index (κ2) is 10.3. The molecule has 228 valence electrons. The van der Waals surface area contributed by atoms with E-state index in [2.05, 4.69) is 15.2 Å². The van der Waals surface area contributed by atoms with Gasteiger partial charge in [0.25, 0.3) is 0 Å². The first-order valence-electron chi connectivity index (χ1n) is 14.0. The van der Waals surface area contributed by atoms with Gasteiger partial charge in [0.05, 0.1) is 18.2 Å². The van der Waals surface area contributed by atoms with Crippen molar-refractivity contribution in [3.05, 3.63) is 75.7 Å². The number of halogens is 3. The molecule has 0 unspecified atom stereocenters. The Kier molecular flexibility index (Phi) is 7.24. The van der Waals surface area contributed by atoms with Crippen LogP contribution in [0.2, 0.25) is 0 Å². The van der Waals surface area contributed by atoms with E-state index in [1.807, 2.05) is 27.0 Å². The van der Waals surface area contributed by atoms with Gasteiger partial charge in [0.15, 0.2) is 5.75 Å². The van der Waals surface area contributed by atoms with Crippen LogP contribution in [0.4, 0.5) is 24.7 Å². The lowest BCUT2D eigenvalue weighted by atomic mass is 9.91. The number of rotatable bonds is 6. The molecule has 1 aliphatic rings. The molecule has 2 N–H and O–H groups in total. The molecule has 0 amide bonds. The fourth-order valence-corrected chi connectivity index (χ4v) is 5.58. The molecular weight excluding hydrogens is 559 g/mol. The van der Waals surface area contributed by atoms with Gasteiger partial charge in [-0.1, -0.05) is 12.1 Å². The zero-order valence-electron chi connectivity index (χ0n) is 25.5. The fraction of sp³-hybridized carbons (Fsp3) is 0.406.